The maximum Gasteiger partial charge on any atom is 0.243 e. The first-order valence-electron chi connectivity index (χ1n) is 11.9. The van der Waals surface area contributed by atoms with E-state index in [0.717, 1.165) is 29.5 Å². The molecule has 1 N–H and O–H groups in total. The number of nitrogens with zero attached hydrogens (tertiary/aromatic N) is 1. The Balaban J connectivity index is 1.96. The quantitative estimate of drug-likeness (QED) is 0.398. The van der Waals surface area contributed by atoms with Crippen LogP contribution in [0.1, 0.15) is 42.0 Å². The van der Waals surface area contributed by atoms with E-state index in [1.807, 2.05) is 61.5 Å². The molecule has 0 spiro atoms. The summed E-state index contributed by atoms with van der Waals surface area (Å²) < 4.78 is 14.4. The number of nitrogens with one attached hydrogen (secondary N) is 1. The summed E-state index contributed by atoms with van der Waals surface area (Å²) in [6, 6.07) is 23.1. The Morgan fingerprint density at radius 2 is 1.56 bits per heavy atom. The van der Waals surface area contributed by atoms with Gasteiger partial charge in [0.05, 0.1) is 6.42 Å². The average Bonchev–Trinajstić information content (AvgIpc) is 2.84. The van der Waals surface area contributed by atoms with Crippen molar-refractivity contribution in [3.8, 4) is 0 Å². The van der Waals surface area contributed by atoms with Gasteiger partial charge in [0.1, 0.15) is 11.9 Å². The number of rotatable bonds is 11. The fourth-order valence-electron chi connectivity index (χ4n) is 3.94. The Morgan fingerprint density at radius 3 is 2.24 bits per heavy atom. The third-order valence-electron chi connectivity index (χ3n) is 6.00. The van der Waals surface area contributed by atoms with Gasteiger partial charge in [-0.15, -0.1) is 0 Å². The highest BCUT2D eigenvalue weighted by molar-refractivity contribution is 5.88. The van der Waals surface area contributed by atoms with Crippen LogP contribution in [0.25, 0.3) is 0 Å². The van der Waals surface area contributed by atoms with Gasteiger partial charge >= 0.3 is 0 Å². The second-order valence-electron chi connectivity index (χ2n) is 8.57. The molecule has 34 heavy (non-hydrogen) atoms. The summed E-state index contributed by atoms with van der Waals surface area (Å²) in [7, 11) is 0. The van der Waals surface area contributed by atoms with Crippen molar-refractivity contribution in [1.82, 2.24) is 10.2 Å². The Labute approximate surface area is 201 Å². The van der Waals surface area contributed by atoms with Crippen molar-refractivity contribution < 1.29 is 14.0 Å². The number of halogens is 1. The molecular weight excluding hydrogens is 427 g/mol. The molecule has 0 aliphatic carbocycles. The van der Waals surface area contributed by atoms with Gasteiger partial charge in [-0.3, -0.25) is 9.59 Å². The predicted octanol–water partition coefficient (Wildman–Crippen LogP) is 5.23. The highest BCUT2D eigenvalue weighted by Crippen LogP contribution is 2.19. The average molecular weight is 461 g/mol. The van der Waals surface area contributed by atoms with Crippen molar-refractivity contribution in [2.75, 3.05) is 6.54 Å². The lowest BCUT2D eigenvalue weighted by atomic mass is 10.00. The van der Waals surface area contributed by atoms with Gasteiger partial charge in [-0.05, 0) is 41.7 Å². The second-order valence-corrected chi connectivity index (χ2v) is 8.57. The van der Waals surface area contributed by atoms with Crippen LogP contribution in [0.5, 0.6) is 0 Å². The van der Waals surface area contributed by atoms with E-state index in [1.54, 1.807) is 23.1 Å². The first kappa shape index (κ1) is 25.2. The number of amides is 2. The summed E-state index contributed by atoms with van der Waals surface area (Å²) in [6.07, 6.45) is 2.10. The largest absolute Gasteiger partial charge is 0.354 e. The zero-order valence-corrected chi connectivity index (χ0v) is 20.0. The molecule has 178 valence electrons. The summed E-state index contributed by atoms with van der Waals surface area (Å²) in [4.78, 5) is 28.6. The van der Waals surface area contributed by atoms with Crippen LogP contribution in [-0.4, -0.2) is 29.3 Å². The number of aryl methyl sites for hydroxylation is 1. The highest BCUT2D eigenvalue weighted by Gasteiger charge is 2.30. The first-order chi connectivity index (χ1) is 16.5. The van der Waals surface area contributed by atoms with Crippen molar-refractivity contribution in [3.63, 3.8) is 0 Å². The van der Waals surface area contributed by atoms with Crippen LogP contribution in [0.15, 0.2) is 78.9 Å². The van der Waals surface area contributed by atoms with E-state index in [-0.39, 0.29) is 24.8 Å². The Hall–Kier alpha value is -3.47. The van der Waals surface area contributed by atoms with Crippen molar-refractivity contribution >= 4 is 11.8 Å². The molecule has 4 nitrogen and oxygen atoms in total. The van der Waals surface area contributed by atoms with Crippen LogP contribution in [0, 0.1) is 12.7 Å². The molecule has 2 amide bonds. The van der Waals surface area contributed by atoms with Gasteiger partial charge in [0.15, 0.2) is 0 Å². The fourth-order valence-corrected chi connectivity index (χ4v) is 3.94. The molecule has 0 saturated carbocycles. The lowest BCUT2D eigenvalue weighted by Gasteiger charge is -2.32. The van der Waals surface area contributed by atoms with E-state index in [9.17, 15) is 14.0 Å². The Morgan fingerprint density at radius 1 is 0.912 bits per heavy atom. The van der Waals surface area contributed by atoms with Crippen molar-refractivity contribution in [2.45, 2.75) is 52.1 Å². The summed E-state index contributed by atoms with van der Waals surface area (Å²) in [5.41, 5.74) is 3.29. The molecule has 0 aromatic heterocycles. The van der Waals surface area contributed by atoms with E-state index < -0.39 is 11.9 Å². The van der Waals surface area contributed by atoms with Crippen LogP contribution in [0.2, 0.25) is 0 Å². The van der Waals surface area contributed by atoms with E-state index in [2.05, 4.69) is 12.2 Å². The number of benzene rings is 3. The van der Waals surface area contributed by atoms with Crippen molar-refractivity contribution in [1.29, 1.82) is 0 Å². The number of hydrogen-bond donors (Lipinski definition) is 1. The predicted molar refractivity (Wildman–Crippen MR) is 134 cm³/mol. The van der Waals surface area contributed by atoms with Gasteiger partial charge in [-0.1, -0.05) is 86.1 Å². The maximum absolute atomic E-state index is 14.4. The molecule has 0 heterocycles. The molecule has 5 heteroatoms. The minimum Gasteiger partial charge on any atom is -0.354 e. The molecule has 0 aliphatic rings. The molecule has 3 aromatic rings. The van der Waals surface area contributed by atoms with Crippen LogP contribution in [-0.2, 0) is 29.0 Å². The number of unbranched alkanes of at least 4 members (excludes halogenated alkanes) is 1. The molecule has 3 aromatic carbocycles. The molecule has 0 unspecified atom stereocenters. The molecule has 0 bridgehead atoms. The van der Waals surface area contributed by atoms with Gasteiger partial charge in [0, 0.05) is 19.5 Å². The standard InChI is InChI=1S/C29H33FN2O2/c1-3-4-18-31-29(34)27(19-23-13-6-5-7-14-23)32(21-25-16-9-8-12-22(25)2)28(33)20-24-15-10-11-17-26(24)30/h5-17,27H,3-4,18-21H2,1-2H3,(H,31,34)/t27-/m1/s1. The minimum absolute atomic E-state index is 0.105. The zero-order valence-electron chi connectivity index (χ0n) is 20.0. The number of carbonyl (C=O) groups is 2. The van der Waals surface area contributed by atoms with E-state index >= 15 is 0 Å². The molecule has 0 aliphatic heterocycles. The van der Waals surface area contributed by atoms with Crippen LogP contribution in [0.3, 0.4) is 0 Å². The molecule has 0 saturated heterocycles. The van der Waals surface area contributed by atoms with Crippen LogP contribution in [0.4, 0.5) is 4.39 Å². The monoisotopic (exact) mass is 460 g/mol. The zero-order chi connectivity index (χ0) is 24.3. The first-order valence-corrected chi connectivity index (χ1v) is 11.9. The van der Waals surface area contributed by atoms with E-state index in [1.165, 1.54) is 6.07 Å². The third-order valence-corrected chi connectivity index (χ3v) is 6.00. The smallest absolute Gasteiger partial charge is 0.243 e. The minimum atomic E-state index is -0.710. The third kappa shape index (κ3) is 7.01. The lowest BCUT2D eigenvalue weighted by molar-refractivity contribution is -0.140. The Kier molecular flexibility index (Phi) is 9.39. The number of hydrogen-bond acceptors (Lipinski definition) is 2. The molecule has 1 atom stereocenters. The van der Waals surface area contributed by atoms with E-state index in [4.69, 9.17) is 0 Å². The lowest BCUT2D eigenvalue weighted by Crippen LogP contribution is -2.51. The van der Waals surface area contributed by atoms with Gasteiger partial charge < -0.3 is 10.2 Å². The summed E-state index contributed by atoms with van der Waals surface area (Å²) in [6.45, 7) is 4.89. The van der Waals surface area contributed by atoms with E-state index in [0.29, 0.717) is 18.5 Å². The molecular formula is C29H33FN2O2. The second kappa shape index (κ2) is 12.7. The summed E-state index contributed by atoms with van der Waals surface area (Å²) in [5, 5.41) is 3.01. The normalized spacial score (nSPS) is 11.6. The van der Waals surface area contributed by atoms with Crippen LogP contribution >= 0.6 is 0 Å². The summed E-state index contributed by atoms with van der Waals surface area (Å²) in [5.74, 6) is -0.883. The maximum atomic E-state index is 14.4. The van der Waals surface area contributed by atoms with Gasteiger partial charge in [0.25, 0.3) is 0 Å². The topological polar surface area (TPSA) is 49.4 Å². The molecule has 0 fully saturated rings. The van der Waals surface area contributed by atoms with Gasteiger partial charge in [0.2, 0.25) is 11.8 Å². The fraction of sp³-hybridized carbons (Fsp3) is 0.310. The van der Waals surface area contributed by atoms with Crippen molar-refractivity contribution in [3.05, 3.63) is 107 Å². The van der Waals surface area contributed by atoms with Gasteiger partial charge in [-0.25, -0.2) is 4.39 Å². The molecule has 0 radical (unpaired) electrons. The molecule has 3 rings (SSSR count). The highest BCUT2D eigenvalue weighted by atomic mass is 19.1. The summed E-state index contributed by atoms with van der Waals surface area (Å²) >= 11 is 0. The Bertz CT molecular complexity index is 1080. The number of carbonyl (C=O) groups excluding carboxylic acids is 2. The van der Waals surface area contributed by atoms with Crippen LogP contribution < -0.4 is 5.32 Å². The van der Waals surface area contributed by atoms with Gasteiger partial charge in [-0.2, -0.15) is 0 Å². The SMILES string of the molecule is CCCCNC(=O)[C@@H](Cc1ccccc1)N(Cc1ccccc1C)C(=O)Cc1ccccc1F. The van der Waals surface area contributed by atoms with Crippen molar-refractivity contribution in [2.24, 2.45) is 0 Å².